The molecule has 0 saturated carbocycles. The Kier molecular flexibility index (Phi) is 4.59. The van der Waals surface area contributed by atoms with Gasteiger partial charge in [0, 0.05) is 18.0 Å². The van der Waals surface area contributed by atoms with Gasteiger partial charge in [-0.3, -0.25) is 0 Å². The number of halogens is 1. The first kappa shape index (κ1) is 10.5. The normalized spacial score (nSPS) is 33.2. The summed E-state index contributed by atoms with van der Waals surface area (Å²) >= 11 is 3.78. The highest BCUT2D eigenvalue weighted by Gasteiger charge is 2.27. The van der Waals surface area contributed by atoms with Crippen LogP contribution in [0.15, 0.2) is 0 Å². The summed E-state index contributed by atoms with van der Waals surface area (Å²) in [6.07, 6.45) is 3.81. The molecular formula is C10H19BrO. The van der Waals surface area contributed by atoms with Crippen molar-refractivity contribution in [3.8, 4) is 0 Å². The van der Waals surface area contributed by atoms with Crippen LogP contribution in [-0.4, -0.2) is 18.0 Å². The fourth-order valence-corrected chi connectivity index (χ4v) is 3.17. The quantitative estimate of drug-likeness (QED) is 0.682. The summed E-state index contributed by atoms with van der Waals surface area (Å²) < 4.78 is 5.42. The van der Waals surface area contributed by atoms with E-state index in [-0.39, 0.29) is 0 Å². The first-order valence-corrected chi connectivity index (χ1v) is 5.89. The maximum Gasteiger partial charge on any atom is 0.0494 e. The standard InChI is InChI=1S/C10H19BrO/c1-3-4-10(11)9-5-6-12-7-8(9)2/h8-10H,3-7H2,1-2H3. The smallest absolute Gasteiger partial charge is 0.0494 e. The molecule has 1 aliphatic heterocycles. The Morgan fingerprint density at radius 3 is 2.92 bits per heavy atom. The Balaban J connectivity index is 2.36. The average molecular weight is 235 g/mol. The lowest BCUT2D eigenvalue weighted by molar-refractivity contribution is 0.0236. The van der Waals surface area contributed by atoms with Gasteiger partial charge in [0.2, 0.25) is 0 Å². The van der Waals surface area contributed by atoms with Crippen molar-refractivity contribution in [1.29, 1.82) is 0 Å². The van der Waals surface area contributed by atoms with Gasteiger partial charge >= 0.3 is 0 Å². The minimum atomic E-state index is 0.710. The number of hydrogen-bond donors (Lipinski definition) is 0. The van der Waals surface area contributed by atoms with Crippen LogP contribution in [0, 0.1) is 11.8 Å². The fraction of sp³-hybridized carbons (Fsp3) is 1.00. The number of ether oxygens (including phenoxy) is 1. The van der Waals surface area contributed by atoms with Crippen LogP contribution in [0.1, 0.15) is 33.1 Å². The molecule has 1 rings (SSSR count). The van der Waals surface area contributed by atoms with Gasteiger partial charge in [-0.05, 0) is 24.7 Å². The van der Waals surface area contributed by atoms with Crippen molar-refractivity contribution in [1.82, 2.24) is 0 Å². The zero-order chi connectivity index (χ0) is 8.97. The predicted octanol–water partition coefficient (Wildman–Crippen LogP) is 3.22. The largest absolute Gasteiger partial charge is 0.381 e. The molecule has 0 spiro atoms. The molecule has 0 aromatic carbocycles. The van der Waals surface area contributed by atoms with Gasteiger partial charge < -0.3 is 4.74 Å². The van der Waals surface area contributed by atoms with E-state index in [2.05, 4.69) is 29.8 Å². The van der Waals surface area contributed by atoms with Crippen LogP contribution in [0.4, 0.5) is 0 Å². The van der Waals surface area contributed by atoms with E-state index in [0.717, 1.165) is 25.0 Å². The molecule has 0 aliphatic carbocycles. The summed E-state index contributed by atoms with van der Waals surface area (Å²) in [7, 11) is 0. The van der Waals surface area contributed by atoms with Crippen molar-refractivity contribution >= 4 is 15.9 Å². The van der Waals surface area contributed by atoms with E-state index in [9.17, 15) is 0 Å². The molecule has 1 aliphatic rings. The molecule has 72 valence electrons. The van der Waals surface area contributed by atoms with Crippen molar-refractivity contribution in [2.75, 3.05) is 13.2 Å². The molecule has 0 amide bonds. The van der Waals surface area contributed by atoms with Crippen molar-refractivity contribution in [3.63, 3.8) is 0 Å². The van der Waals surface area contributed by atoms with Crippen LogP contribution >= 0.6 is 15.9 Å². The molecule has 1 fully saturated rings. The van der Waals surface area contributed by atoms with E-state index < -0.39 is 0 Å². The Hall–Kier alpha value is 0.440. The van der Waals surface area contributed by atoms with Crippen LogP contribution in [0.2, 0.25) is 0 Å². The van der Waals surface area contributed by atoms with Gasteiger partial charge in [0.15, 0.2) is 0 Å². The van der Waals surface area contributed by atoms with Crippen LogP contribution in [0.25, 0.3) is 0 Å². The summed E-state index contributed by atoms with van der Waals surface area (Å²) in [6, 6.07) is 0. The number of rotatable bonds is 3. The summed E-state index contributed by atoms with van der Waals surface area (Å²) in [5.74, 6) is 1.56. The first-order valence-electron chi connectivity index (χ1n) is 4.97. The highest BCUT2D eigenvalue weighted by atomic mass is 79.9. The molecule has 1 heterocycles. The van der Waals surface area contributed by atoms with Gasteiger partial charge in [0.1, 0.15) is 0 Å². The van der Waals surface area contributed by atoms with E-state index in [4.69, 9.17) is 4.74 Å². The highest BCUT2D eigenvalue weighted by Crippen LogP contribution is 2.31. The van der Waals surface area contributed by atoms with E-state index in [0.29, 0.717) is 4.83 Å². The van der Waals surface area contributed by atoms with Crippen LogP contribution in [-0.2, 0) is 4.74 Å². The van der Waals surface area contributed by atoms with E-state index in [1.54, 1.807) is 0 Å². The summed E-state index contributed by atoms with van der Waals surface area (Å²) in [4.78, 5) is 0.710. The topological polar surface area (TPSA) is 9.23 Å². The van der Waals surface area contributed by atoms with Gasteiger partial charge in [0.05, 0.1) is 0 Å². The second-order valence-corrected chi connectivity index (χ2v) is 4.99. The molecule has 1 saturated heterocycles. The SMILES string of the molecule is CCCC(Br)C1CCOCC1C. The summed E-state index contributed by atoms with van der Waals surface area (Å²) in [6.45, 7) is 6.46. The lowest BCUT2D eigenvalue weighted by Gasteiger charge is -2.32. The molecular weight excluding hydrogens is 216 g/mol. The maximum atomic E-state index is 5.42. The molecule has 1 nitrogen and oxygen atoms in total. The molecule has 0 radical (unpaired) electrons. The van der Waals surface area contributed by atoms with Gasteiger partial charge in [-0.15, -0.1) is 0 Å². The Morgan fingerprint density at radius 2 is 2.33 bits per heavy atom. The molecule has 3 atom stereocenters. The third kappa shape index (κ3) is 2.74. The zero-order valence-electron chi connectivity index (χ0n) is 8.05. The highest BCUT2D eigenvalue weighted by molar-refractivity contribution is 9.09. The number of hydrogen-bond acceptors (Lipinski definition) is 1. The molecule has 0 N–H and O–H groups in total. The Labute approximate surface area is 84.0 Å². The molecule has 0 bridgehead atoms. The van der Waals surface area contributed by atoms with Crippen LogP contribution in [0.3, 0.4) is 0 Å². The summed E-state index contributed by atoms with van der Waals surface area (Å²) in [5.41, 5.74) is 0. The third-order valence-electron chi connectivity index (χ3n) is 2.74. The first-order chi connectivity index (χ1) is 5.75. The third-order valence-corrected chi connectivity index (χ3v) is 3.87. The second-order valence-electron chi connectivity index (χ2n) is 3.81. The lowest BCUT2D eigenvalue weighted by atomic mass is 9.86. The second kappa shape index (κ2) is 5.23. The van der Waals surface area contributed by atoms with Crippen molar-refractivity contribution in [2.45, 2.75) is 37.9 Å². The summed E-state index contributed by atoms with van der Waals surface area (Å²) in [5, 5.41) is 0. The average Bonchev–Trinajstić information content (AvgIpc) is 2.05. The van der Waals surface area contributed by atoms with Crippen LogP contribution in [0.5, 0.6) is 0 Å². The van der Waals surface area contributed by atoms with Crippen molar-refractivity contribution in [3.05, 3.63) is 0 Å². The van der Waals surface area contributed by atoms with Crippen LogP contribution < -0.4 is 0 Å². The Morgan fingerprint density at radius 1 is 1.58 bits per heavy atom. The minimum Gasteiger partial charge on any atom is -0.381 e. The van der Waals surface area contributed by atoms with Gasteiger partial charge in [-0.25, -0.2) is 0 Å². The van der Waals surface area contributed by atoms with Gasteiger partial charge in [0.25, 0.3) is 0 Å². The zero-order valence-corrected chi connectivity index (χ0v) is 9.64. The van der Waals surface area contributed by atoms with Crippen molar-refractivity contribution in [2.24, 2.45) is 11.8 Å². The van der Waals surface area contributed by atoms with Crippen molar-refractivity contribution < 1.29 is 4.74 Å². The monoisotopic (exact) mass is 234 g/mol. The Bertz CT molecular complexity index is 127. The molecule has 3 unspecified atom stereocenters. The minimum absolute atomic E-state index is 0.710. The predicted molar refractivity (Wildman–Crippen MR) is 55.7 cm³/mol. The van der Waals surface area contributed by atoms with E-state index >= 15 is 0 Å². The molecule has 2 heteroatoms. The van der Waals surface area contributed by atoms with Gasteiger partial charge in [-0.2, -0.15) is 0 Å². The lowest BCUT2D eigenvalue weighted by Crippen LogP contribution is -2.31. The maximum absolute atomic E-state index is 5.42. The van der Waals surface area contributed by atoms with Gasteiger partial charge in [-0.1, -0.05) is 36.2 Å². The molecule has 0 aromatic rings. The van der Waals surface area contributed by atoms with E-state index in [1.165, 1.54) is 19.3 Å². The fourth-order valence-electron chi connectivity index (χ4n) is 1.92. The molecule has 12 heavy (non-hydrogen) atoms. The van der Waals surface area contributed by atoms with E-state index in [1.807, 2.05) is 0 Å². The number of alkyl halides is 1. The molecule has 0 aromatic heterocycles.